The van der Waals surface area contributed by atoms with Crippen LogP contribution in [0.25, 0.3) is 0 Å². The number of aliphatic carboxylic acids is 2. The lowest BCUT2D eigenvalue weighted by molar-refractivity contribution is -0.139. The Bertz CT molecular complexity index is 974. The average molecular weight is 588 g/mol. The fourth-order valence-corrected chi connectivity index (χ4v) is 3.34. The predicted molar refractivity (Wildman–Crippen MR) is 143 cm³/mol. The van der Waals surface area contributed by atoms with Crippen molar-refractivity contribution in [3.05, 3.63) is 0 Å². The molecule has 5 atom stereocenters. The molecule has 0 radical (unpaired) electrons. The van der Waals surface area contributed by atoms with Crippen LogP contribution in [0.3, 0.4) is 0 Å². The third-order valence-corrected chi connectivity index (χ3v) is 5.59. The van der Waals surface area contributed by atoms with Gasteiger partial charge in [0, 0.05) is 13.3 Å². The molecule has 0 aliphatic rings. The van der Waals surface area contributed by atoms with Crippen molar-refractivity contribution >= 4 is 47.4 Å². The van der Waals surface area contributed by atoms with Crippen molar-refractivity contribution in [3.63, 3.8) is 0 Å². The van der Waals surface area contributed by atoms with E-state index in [4.69, 9.17) is 15.9 Å². The average Bonchev–Trinajstić information content (AvgIpc) is 2.87. The van der Waals surface area contributed by atoms with Crippen LogP contribution in [-0.4, -0.2) is 101 Å². The first-order chi connectivity index (χ1) is 19.1. The summed E-state index contributed by atoms with van der Waals surface area (Å²) in [6.07, 6.45) is 0.219. The zero-order valence-electron chi connectivity index (χ0n) is 23.6. The molecular formula is C24H41N7O10. The lowest BCUT2D eigenvalue weighted by Gasteiger charge is -2.25. The van der Waals surface area contributed by atoms with E-state index in [0.29, 0.717) is 19.4 Å². The number of amides is 6. The molecule has 17 heteroatoms. The molecule has 0 aliphatic carbocycles. The lowest BCUT2D eigenvalue weighted by atomic mass is 10.1. The summed E-state index contributed by atoms with van der Waals surface area (Å²) in [5.74, 6) is -6.89. The molecule has 0 bridgehead atoms. The number of carboxylic acids is 2. The molecule has 0 unspecified atom stereocenters. The number of nitrogens with two attached hydrogens (primary N) is 1. The Balaban J connectivity index is 5.51. The molecule has 0 saturated carbocycles. The summed E-state index contributed by atoms with van der Waals surface area (Å²) in [4.78, 5) is 95.9. The summed E-state index contributed by atoms with van der Waals surface area (Å²) in [6, 6.07) is -5.86. The zero-order chi connectivity index (χ0) is 31.7. The fourth-order valence-electron chi connectivity index (χ4n) is 3.34. The maximum Gasteiger partial charge on any atom is 0.322 e. The number of carbonyl (C=O) groups is 8. The van der Waals surface area contributed by atoms with Crippen LogP contribution in [-0.2, 0) is 38.4 Å². The Kier molecular flexibility index (Phi) is 16.9. The molecule has 0 aromatic rings. The van der Waals surface area contributed by atoms with Gasteiger partial charge >= 0.3 is 11.9 Å². The van der Waals surface area contributed by atoms with Crippen LogP contribution < -0.4 is 37.6 Å². The van der Waals surface area contributed by atoms with E-state index in [1.54, 1.807) is 0 Å². The van der Waals surface area contributed by atoms with Gasteiger partial charge in [-0.05, 0) is 53.0 Å². The van der Waals surface area contributed by atoms with Crippen molar-refractivity contribution in [2.24, 2.45) is 5.73 Å². The van der Waals surface area contributed by atoms with Crippen molar-refractivity contribution < 1.29 is 48.6 Å². The fraction of sp³-hybridized carbons (Fsp3) is 0.667. The van der Waals surface area contributed by atoms with Crippen LogP contribution in [0.15, 0.2) is 0 Å². The van der Waals surface area contributed by atoms with E-state index in [1.165, 1.54) is 27.7 Å². The Hall–Kier alpha value is -4.28. The van der Waals surface area contributed by atoms with Crippen LogP contribution in [0, 0.1) is 0 Å². The largest absolute Gasteiger partial charge is 0.481 e. The molecule has 0 aliphatic heterocycles. The number of rotatable bonds is 19. The van der Waals surface area contributed by atoms with E-state index in [2.05, 4.69) is 31.9 Å². The van der Waals surface area contributed by atoms with Crippen LogP contribution >= 0.6 is 0 Å². The van der Waals surface area contributed by atoms with Crippen LogP contribution in [0.2, 0.25) is 0 Å². The summed E-state index contributed by atoms with van der Waals surface area (Å²) in [7, 11) is 0. The highest BCUT2D eigenvalue weighted by Gasteiger charge is 2.30. The molecular weight excluding hydrogens is 546 g/mol. The SMILES string of the molecule is CC(=O)N[C@H](C)C(=O)N[C@H](CCC(=O)O)C(=O)N[C@H](CCCCN)C(=O)N[C@@H](C)C(=O)N[C@@H](C)C(=O)NCC(=O)O. The Morgan fingerprint density at radius 2 is 1.07 bits per heavy atom. The quantitative estimate of drug-likeness (QED) is 0.0674. The monoisotopic (exact) mass is 587 g/mol. The zero-order valence-corrected chi connectivity index (χ0v) is 23.6. The van der Waals surface area contributed by atoms with E-state index in [-0.39, 0.29) is 12.8 Å². The van der Waals surface area contributed by atoms with Gasteiger partial charge in [-0.25, -0.2) is 0 Å². The Morgan fingerprint density at radius 1 is 0.610 bits per heavy atom. The highest BCUT2D eigenvalue weighted by molar-refractivity contribution is 5.96. The second-order valence-electron chi connectivity index (χ2n) is 9.33. The molecule has 0 fully saturated rings. The van der Waals surface area contributed by atoms with Gasteiger partial charge in [0.05, 0.1) is 0 Å². The first-order valence-electron chi connectivity index (χ1n) is 13.0. The van der Waals surface area contributed by atoms with Gasteiger partial charge in [-0.15, -0.1) is 0 Å². The summed E-state index contributed by atoms with van der Waals surface area (Å²) < 4.78 is 0. The molecule has 0 heterocycles. The second kappa shape index (κ2) is 18.9. The second-order valence-corrected chi connectivity index (χ2v) is 9.33. The van der Waals surface area contributed by atoms with Crippen molar-refractivity contribution in [1.29, 1.82) is 0 Å². The Morgan fingerprint density at radius 3 is 1.61 bits per heavy atom. The lowest BCUT2D eigenvalue weighted by Crippen LogP contribution is -2.58. The number of nitrogens with one attached hydrogen (secondary N) is 6. The molecule has 17 nitrogen and oxygen atoms in total. The molecule has 41 heavy (non-hydrogen) atoms. The molecule has 6 amide bonds. The number of hydrogen-bond acceptors (Lipinski definition) is 9. The van der Waals surface area contributed by atoms with Crippen molar-refractivity contribution in [3.8, 4) is 0 Å². The van der Waals surface area contributed by atoms with Crippen molar-refractivity contribution in [2.45, 2.75) is 90.0 Å². The number of carboxylic acid groups (broad SMARTS) is 2. The van der Waals surface area contributed by atoms with Gasteiger partial charge in [0.1, 0.15) is 36.8 Å². The minimum absolute atomic E-state index is 0.0962. The molecule has 0 saturated heterocycles. The molecule has 0 spiro atoms. The van der Waals surface area contributed by atoms with E-state index in [9.17, 15) is 38.4 Å². The van der Waals surface area contributed by atoms with E-state index in [1.807, 2.05) is 0 Å². The van der Waals surface area contributed by atoms with Crippen molar-refractivity contribution in [2.75, 3.05) is 13.1 Å². The van der Waals surface area contributed by atoms with Gasteiger partial charge in [-0.3, -0.25) is 38.4 Å². The molecule has 0 rings (SSSR count). The van der Waals surface area contributed by atoms with Gasteiger partial charge in [-0.1, -0.05) is 0 Å². The third kappa shape index (κ3) is 15.8. The van der Waals surface area contributed by atoms with Crippen LogP contribution in [0.1, 0.15) is 59.8 Å². The maximum absolute atomic E-state index is 13.1. The molecule has 10 N–H and O–H groups in total. The third-order valence-electron chi connectivity index (χ3n) is 5.59. The highest BCUT2D eigenvalue weighted by Crippen LogP contribution is 2.05. The summed E-state index contributed by atoms with van der Waals surface area (Å²) >= 11 is 0. The van der Waals surface area contributed by atoms with E-state index < -0.39 is 90.6 Å². The van der Waals surface area contributed by atoms with Gasteiger partial charge < -0.3 is 47.8 Å². The molecule has 0 aromatic carbocycles. The highest BCUT2D eigenvalue weighted by atomic mass is 16.4. The summed E-state index contributed by atoms with van der Waals surface area (Å²) in [5, 5.41) is 31.8. The first kappa shape index (κ1) is 36.7. The van der Waals surface area contributed by atoms with E-state index in [0.717, 1.165) is 0 Å². The topological polar surface area (TPSA) is 275 Å². The first-order valence-corrected chi connectivity index (χ1v) is 13.0. The van der Waals surface area contributed by atoms with Gasteiger partial charge in [0.25, 0.3) is 0 Å². The van der Waals surface area contributed by atoms with Crippen molar-refractivity contribution in [1.82, 2.24) is 31.9 Å². The Labute approximate surface area is 237 Å². The smallest absolute Gasteiger partial charge is 0.322 e. The van der Waals surface area contributed by atoms with Gasteiger partial charge in [0.15, 0.2) is 0 Å². The number of unbranched alkanes of at least 4 members (excludes halogenated alkanes) is 1. The standard InChI is InChI=1S/C24H41N7O10/c1-12(20(37)26-11-19(35)36)28-21(38)14(3)29-23(40)16(7-5-6-10-25)31-24(41)17(8-9-18(33)34)30-22(39)13(2)27-15(4)32/h12-14,16-17H,5-11,25H2,1-4H3,(H,26,37)(H,27,32)(H,28,38)(H,29,40)(H,30,39)(H,31,41)(H,33,34)(H,35,36)/t12-,13+,14-,16+,17+/m0/s1. The minimum atomic E-state index is -1.36. The van der Waals surface area contributed by atoms with Gasteiger partial charge in [-0.2, -0.15) is 0 Å². The van der Waals surface area contributed by atoms with Crippen LogP contribution in [0.4, 0.5) is 0 Å². The number of hydrogen-bond donors (Lipinski definition) is 9. The van der Waals surface area contributed by atoms with Gasteiger partial charge in [0.2, 0.25) is 35.4 Å². The summed E-state index contributed by atoms with van der Waals surface area (Å²) in [5.41, 5.74) is 5.52. The maximum atomic E-state index is 13.1. The van der Waals surface area contributed by atoms with Crippen LogP contribution in [0.5, 0.6) is 0 Å². The number of carbonyl (C=O) groups excluding carboxylic acids is 6. The predicted octanol–water partition coefficient (Wildman–Crippen LogP) is -3.32. The minimum Gasteiger partial charge on any atom is -0.481 e. The summed E-state index contributed by atoms with van der Waals surface area (Å²) in [6.45, 7) is 4.87. The normalized spacial score (nSPS) is 14.2. The molecule has 232 valence electrons. The van der Waals surface area contributed by atoms with E-state index >= 15 is 0 Å². The molecule has 0 aromatic heterocycles.